The normalized spacial score (nSPS) is 12.7. The van der Waals surface area contributed by atoms with Gasteiger partial charge in [0, 0.05) is 9.75 Å². The van der Waals surface area contributed by atoms with Crippen LogP contribution in [0.4, 0.5) is 0 Å². The van der Waals surface area contributed by atoms with E-state index in [0.717, 1.165) is 6.42 Å². The SMILES string of the molecule is CCc1ccc(C(N)c2cccc(C)c2C)s1. The van der Waals surface area contributed by atoms with Gasteiger partial charge < -0.3 is 5.73 Å². The molecule has 0 fully saturated rings. The molecule has 0 spiro atoms. The Hall–Kier alpha value is -1.12. The van der Waals surface area contributed by atoms with E-state index >= 15 is 0 Å². The van der Waals surface area contributed by atoms with Gasteiger partial charge in [0.25, 0.3) is 0 Å². The molecule has 0 bridgehead atoms. The van der Waals surface area contributed by atoms with Crippen LogP contribution in [0.15, 0.2) is 30.3 Å². The fraction of sp³-hybridized carbons (Fsp3) is 0.333. The highest BCUT2D eigenvalue weighted by Crippen LogP contribution is 2.29. The van der Waals surface area contributed by atoms with E-state index in [9.17, 15) is 0 Å². The van der Waals surface area contributed by atoms with E-state index in [4.69, 9.17) is 5.73 Å². The fourth-order valence-electron chi connectivity index (χ4n) is 2.02. The minimum atomic E-state index is 0.0141. The van der Waals surface area contributed by atoms with Gasteiger partial charge in [-0.05, 0) is 49.1 Å². The first-order valence-electron chi connectivity index (χ1n) is 6.03. The van der Waals surface area contributed by atoms with Gasteiger partial charge in [0.15, 0.2) is 0 Å². The van der Waals surface area contributed by atoms with E-state index in [-0.39, 0.29) is 6.04 Å². The lowest BCUT2D eigenvalue weighted by Gasteiger charge is -2.14. The Bertz CT molecular complexity index is 513. The van der Waals surface area contributed by atoms with E-state index in [1.54, 1.807) is 0 Å². The first-order chi connectivity index (χ1) is 8.13. The quantitative estimate of drug-likeness (QED) is 0.869. The van der Waals surface area contributed by atoms with Crippen molar-refractivity contribution in [3.8, 4) is 0 Å². The third-order valence-corrected chi connectivity index (χ3v) is 4.63. The molecule has 1 heterocycles. The summed E-state index contributed by atoms with van der Waals surface area (Å²) in [6.45, 7) is 6.47. The highest BCUT2D eigenvalue weighted by Gasteiger charge is 2.14. The maximum absolute atomic E-state index is 6.36. The van der Waals surface area contributed by atoms with Crippen molar-refractivity contribution in [3.05, 3.63) is 56.8 Å². The van der Waals surface area contributed by atoms with Crippen molar-refractivity contribution in [1.82, 2.24) is 0 Å². The van der Waals surface area contributed by atoms with Gasteiger partial charge in [-0.15, -0.1) is 11.3 Å². The zero-order chi connectivity index (χ0) is 12.4. The molecule has 2 aromatic rings. The van der Waals surface area contributed by atoms with E-state index < -0.39 is 0 Å². The van der Waals surface area contributed by atoms with Gasteiger partial charge in [-0.3, -0.25) is 0 Å². The third kappa shape index (κ3) is 2.43. The molecular formula is C15H19NS. The molecule has 1 aromatic heterocycles. The van der Waals surface area contributed by atoms with Gasteiger partial charge >= 0.3 is 0 Å². The molecule has 0 aliphatic rings. The summed E-state index contributed by atoms with van der Waals surface area (Å²) in [6, 6.07) is 10.7. The predicted molar refractivity (Wildman–Crippen MR) is 75.6 cm³/mol. The van der Waals surface area contributed by atoms with Crippen LogP contribution >= 0.6 is 11.3 Å². The Morgan fingerprint density at radius 3 is 2.59 bits per heavy atom. The molecule has 90 valence electrons. The van der Waals surface area contributed by atoms with E-state index in [0.29, 0.717) is 0 Å². The van der Waals surface area contributed by atoms with Crippen LogP contribution in [0.5, 0.6) is 0 Å². The Kier molecular flexibility index (Phi) is 3.65. The first kappa shape index (κ1) is 12.3. The molecule has 0 saturated carbocycles. The maximum atomic E-state index is 6.36. The second-order valence-electron chi connectivity index (χ2n) is 4.42. The van der Waals surface area contributed by atoms with E-state index in [1.165, 1.54) is 26.4 Å². The summed E-state index contributed by atoms with van der Waals surface area (Å²) < 4.78 is 0. The second kappa shape index (κ2) is 5.03. The van der Waals surface area contributed by atoms with Crippen molar-refractivity contribution >= 4 is 11.3 Å². The van der Waals surface area contributed by atoms with Crippen LogP contribution in [-0.4, -0.2) is 0 Å². The lowest BCUT2D eigenvalue weighted by Crippen LogP contribution is -2.12. The zero-order valence-electron chi connectivity index (χ0n) is 10.7. The number of hydrogen-bond donors (Lipinski definition) is 1. The van der Waals surface area contributed by atoms with Gasteiger partial charge in [-0.25, -0.2) is 0 Å². The molecule has 1 nitrogen and oxygen atoms in total. The summed E-state index contributed by atoms with van der Waals surface area (Å²) in [6.07, 6.45) is 1.09. The van der Waals surface area contributed by atoms with E-state index in [2.05, 4.69) is 51.1 Å². The molecule has 0 aliphatic carbocycles. The Morgan fingerprint density at radius 1 is 1.18 bits per heavy atom. The summed E-state index contributed by atoms with van der Waals surface area (Å²) in [4.78, 5) is 2.66. The van der Waals surface area contributed by atoms with Crippen LogP contribution < -0.4 is 5.73 Å². The summed E-state index contributed by atoms with van der Waals surface area (Å²) in [5.41, 5.74) is 10.2. The van der Waals surface area contributed by atoms with Gasteiger partial charge in [0.1, 0.15) is 0 Å². The van der Waals surface area contributed by atoms with Crippen molar-refractivity contribution in [2.24, 2.45) is 5.73 Å². The summed E-state index contributed by atoms with van der Waals surface area (Å²) in [5.74, 6) is 0. The number of nitrogens with two attached hydrogens (primary N) is 1. The average Bonchev–Trinajstić information content (AvgIpc) is 2.80. The molecule has 17 heavy (non-hydrogen) atoms. The highest BCUT2D eigenvalue weighted by atomic mass is 32.1. The van der Waals surface area contributed by atoms with E-state index in [1.807, 2.05) is 11.3 Å². The lowest BCUT2D eigenvalue weighted by atomic mass is 9.97. The van der Waals surface area contributed by atoms with Gasteiger partial charge in [0.05, 0.1) is 6.04 Å². The first-order valence-corrected chi connectivity index (χ1v) is 6.85. The summed E-state index contributed by atoms with van der Waals surface area (Å²) >= 11 is 1.83. The van der Waals surface area contributed by atoms with Crippen molar-refractivity contribution in [2.45, 2.75) is 33.2 Å². The number of aryl methyl sites for hydroxylation is 2. The van der Waals surface area contributed by atoms with Crippen LogP contribution in [0.25, 0.3) is 0 Å². The number of rotatable bonds is 3. The van der Waals surface area contributed by atoms with Crippen LogP contribution in [-0.2, 0) is 6.42 Å². The van der Waals surface area contributed by atoms with Gasteiger partial charge in [-0.1, -0.05) is 25.1 Å². The van der Waals surface area contributed by atoms with Crippen LogP contribution in [0.2, 0.25) is 0 Å². The minimum Gasteiger partial charge on any atom is -0.320 e. The second-order valence-corrected chi connectivity index (χ2v) is 5.62. The monoisotopic (exact) mass is 245 g/mol. The average molecular weight is 245 g/mol. The van der Waals surface area contributed by atoms with Gasteiger partial charge in [0.2, 0.25) is 0 Å². The van der Waals surface area contributed by atoms with Crippen molar-refractivity contribution in [2.75, 3.05) is 0 Å². The minimum absolute atomic E-state index is 0.0141. The number of benzene rings is 1. The smallest absolute Gasteiger partial charge is 0.0648 e. The third-order valence-electron chi connectivity index (χ3n) is 3.32. The standard InChI is InChI=1S/C15H19NS/c1-4-12-8-9-14(17-12)15(16)13-7-5-6-10(2)11(13)3/h5-9,15H,4,16H2,1-3H3. The van der Waals surface area contributed by atoms with Crippen LogP contribution in [0.1, 0.15) is 39.4 Å². The maximum Gasteiger partial charge on any atom is 0.0648 e. The molecule has 0 radical (unpaired) electrons. The molecule has 0 saturated heterocycles. The molecule has 0 aliphatic heterocycles. The molecule has 1 aromatic carbocycles. The molecule has 2 N–H and O–H groups in total. The predicted octanol–water partition coefficient (Wildman–Crippen LogP) is 3.98. The lowest BCUT2D eigenvalue weighted by molar-refractivity contribution is 0.879. The molecule has 1 unspecified atom stereocenters. The molecule has 1 atom stereocenters. The van der Waals surface area contributed by atoms with Crippen LogP contribution in [0.3, 0.4) is 0 Å². The number of thiophene rings is 1. The molecule has 2 rings (SSSR count). The molecule has 0 amide bonds. The zero-order valence-corrected chi connectivity index (χ0v) is 11.5. The van der Waals surface area contributed by atoms with Crippen molar-refractivity contribution in [1.29, 1.82) is 0 Å². The largest absolute Gasteiger partial charge is 0.320 e. The number of hydrogen-bond acceptors (Lipinski definition) is 2. The molecule has 2 heteroatoms. The summed E-state index contributed by atoms with van der Waals surface area (Å²) in [5, 5.41) is 0. The Morgan fingerprint density at radius 2 is 1.94 bits per heavy atom. The Balaban J connectivity index is 2.36. The van der Waals surface area contributed by atoms with Crippen molar-refractivity contribution < 1.29 is 0 Å². The topological polar surface area (TPSA) is 26.0 Å². The fourth-order valence-corrected chi connectivity index (χ4v) is 2.99. The Labute approximate surface area is 107 Å². The summed E-state index contributed by atoms with van der Waals surface area (Å²) in [7, 11) is 0. The van der Waals surface area contributed by atoms with Crippen LogP contribution in [0, 0.1) is 13.8 Å². The molecular weight excluding hydrogens is 226 g/mol. The van der Waals surface area contributed by atoms with Gasteiger partial charge in [-0.2, -0.15) is 0 Å². The highest BCUT2D eigenvalue weighted by molar-refractivity contribution is 7.12. The van der Waals surface area contributed by atoms with Crippen molar-refractivity contribution in [3.63, 3.8) is 0 Å².